The summed E-state index contributed by atoms with van der Waals surface area (Å²) >= 11 is 0. The first kappa shape index (κ1) is 21.9. The van der Waals surface area contributed by atoms with Crippen LogP contribution in [0.2, 0.25) is 0 Å². The van der Waals surface area contributed by atoms with Crippen LogP contribution < -0.4 is 14.8 Å². The second kappa shape index (κ2) is 9.87. The Labute approximate surface area is 193 Å². The van der Waals surface area contributed by atoms with E-state index in [-0.39, 0.29) is 5.91 Å². The number of nitrogens with zero attached hydrogens (tertiary/aromatic N) is 2. The van der Waals surface area contributed by atoms with Crippen molar-refractivity contribution in [3.05, 3.63) is 96.2 Å². The summed E-state index contributed by atoms with van der Waals surface area (Å²) < 4.78 is 12.6. The van der Waals surface area contributed by atoms with E-state index in [0.29, 0.717) is 11.5 Å². The van der Waals surface area contributed by atoms with Gasteiger partial charge in [0, 0.05) is 29.1 Å². The van der Waals surface area contributed by atoms with Gasteiger partial charge in [-0.25, -0.2) is 4.68 Å². The molecule has 1 heterocycles. The van der Waals surface area contributed by atoms with E-state index in [0.717, 1.165) is 33.8 Å². The smallest absolute Gasteiger partial charge is 0.248 e. The predicted octanol–water partition coefficient (Wildman–Crippen LogP) is 5.52. The van der Waals surface area contributed by atoms with Crippen molar-refractivity contribution in [1.82, 2.24) is 9.78 Å². The number of rotatable bonds is 7. The van der Waals surface area contributed by atoms with Crippen LogP contribution in [0.15, 0.2) is 85.1 Å². The maximum Gasteiger partial charge on any atom is 0.248 e. The van der Waals surface area contributed by atoms with Gasteiger partial charge >= 0.3 is 0 Å². The van der Waals surface area contributed by atoms with E-state index >= 15 is 0 Å². The summed E-state index contributed by atoms with van der Waals surface area (Å²) in [5, 5.41) is 7.72. The van der Waals surface area contributed by atoms with E-state index in [1.807, 2.05) is 85.9 Å². The zero-order valence-electron chi connectivity index (χ0n) is 18.8. The summed E-state index contributed by atoms with van der Waals surface area (Å²) in [5.74, 6) is 1.03. The molecule has 33 heavy (non-hydrogen) atoms. The molecule has 0 saturated heterocycles. The lowest BCUT2D eigenvalue weighted by molar-refractivity contribution is -0.111. The lowest BCUT2D eigenvalue weighted by Gasteiger charge is -2.09. The van der Waals surface area contributed by atoms with Crippen molar-refractivity contribution >= 4 is 17.7 Å². The molecule has 3 aromatic carbocycles. The molecule has 0 aliphatic carbocycles. The highest BCUT2D eigenvalue weighted by Gasteiger charge is 2.14. The van der Waals surface area contributed by atoms with E-state index < -0.39 is 0 Å². The Morgan fingerprint density at radius 3 is 2.39 bits per heavy atom. The number of ether oxygens (including phenoxy) is 2. The topological polar surface area (TPSA) is 65.4 Å². The molecule has 0 spiro atoms. The Kier molecular flexibility index (Phi) is 6.55. The molecule has 166 valence electrons. The Hall–Kier alpha value is -4.32. The summed E-state index contributed by atoms with van der Waals surface area (Å²) in [7, 11) is 3.20. The zero-order chi connectivity index (χ0) is 23.2. The number of amides is 1. The number of nitrogens with one attached hydrogen (secondary N) is 1. The van der Waals surface area contributed by atoms with Gasteiger partial charge in [0.1, 0.15) is 5.69 Å². The molecule has 4 rings (SSSR count). The van der Waals surface area contributed by atoms with Crippen LogP contribution in [0.25, 0.3) is 23.0 Å². The Morgan fingerprint density at radius 1 is 0.939 bits per heavy atom. The number of para-hydroxylation sites is 2. The van der Waals surface area contributed by atoms with Gasteiger partial charge in [-0.3, -0.25) is 4.79 Å². The highest BCUT2D eigenvalue weighted by molar-refractivity contribution is 6.02. The molecule has 0 unspecified atom stereocenters. The van der Waals surface area contributed by atoms with Gasteiger partial charge in [-0.05, 0) is 55.0 Å². The van der Waals surface area contributed by atoms with Crippen molar-refractivity contribution in [2.24, 2.45) is 0 Å². The van der Waals surface area contributed by atoms with Gasteiger partial charge in [-0.2, -0.15) is 5.10 Å². The fourth-order valence-electron chi connectivity index (χ4n) is 3.48. The molecular weight excluding hydrogens is 414 g/mol. The minimum atomic E-state index is -0.213. The van der Waals surface area contributed by atoms with Gasteiger partial charge in [0.15, 0.2) is 11.5 Å². The van der Waals surface area contributed by atoms with Crippen LogP contribution >= 0.6 is 0 Å². The first-order chi connectivity index (χ1) is 16.1. The standard InChI is InChI=1S/C27H25N3O3/c1-19-9-7-8-12-23(19)28-26(31)16-14-21-18-30(22-10-5-4-6-11-22)29-27(21)20-13-15-24(32-2)25(17-20)33-3/h4-18H,1-3H3,(H,28,31). The fraction of sp³-hybridized carbons (Fsp3) is 0.111. The molecule has 1 N–H and O–H groups in total. The molecule has 0 radical (unpaired) electrons. The SMILES string of the molecule is COc1ccc(-c2nn(-c3ccccc3)cc2C=CC(=O)Nc2ccccc2C)cc1OC. The molecule has 0 aliphatic heterocycles. The number of methoxy groups -OCH3 is 2. The summed E-state index contributed by atoms with van der Waals surface area (Å²) in [6.45, 7) is 1.96. The van der Waals surface area contributed by atoms with Gasteiger partial charge in [0.05, 0.1) is 19.9 Å². The van der Waals surface area contributed by atoms with Crippen molar-refractivity contribution in [3.8, 4) is 28.4 Å². The van der Waals surface area contributed by atoms with Crippen molar-refractivity contribution < 1.29 is 14.3 Å². The number of benzene rings is 3. The lowest BCUT2D eigenvalue weighted by atomic mass is 10.1. The highest BCUT2D eigenvalue weighted by atomic mass is 16.5. The second-order valence-corrected chi connectivity index (χ2v) is 7.42. The molecule has 0 atom stereocenters. The predicted molar refractivity (Wildman–Crippen MR) is 131 cm³/mol. The van der Waals surface area contributed by atoms with E-state index in [9.17, 15) is 4.79 Å². The van der Waals surface area contributed by atoms with Crippen LogP contribution in [0.1, 0.15) is 11.1 Å². The third kappa shape index (κ3) is 4.96. The largest absolute Gasteiger partial charge is 0.493 e. The number of aromatic nitrogens is 2. The van der Waals surface area contributed by atoms with E-state index in [1.165, 1.54) is 6.08 Å². The second-order valence-electron chi connectivity index (χ2n) is 7.42. The van der Waals surface area contributed by atoms with Crippen LogP contribution in [0, 0.1) is 6.92 Å². The van der Waals surface area contributed by atoms with Crippen LogP contribution in [0.3, 0.4) is 0 Å². The molecule has 1 aromatic heterocycles. The third-order valence-electron chi connectivity index (χ3n) is 5.24. The van der Waals surface area contributed by atoms with Crippen molar-refractivity contribution in [2.45, 2.75) is 6.92 Å². The van der Waals surface area contributed by atoms with Crippen LogP contribution in [0.5, 0.6) is 11.5 Å². The Bertz CT molecular complexity index is 1290. The lowest BCUT2D eigenvalue weighted by Crippen LogP contribution is -2.08. The molecule has 1 amide bonds. The highest BCUT2D eigenvalue weighted by Crippen LogP contribution is 2.33. The maximum absolute atomic E-state index is 12.6. The van der Waals surface area contributed by atoms with Crippen LogP contribution in [-0.4, -0.2) is 29.9 Å². The van der Waals surface area contributed by atoms with Gasteiger partial charge in [-0.1, -0.05) is 36.4 Å². The van der Waals surface area contributed by atoms with E-state index in [4.69, 9.17) is 14.6 Å². The average Bonchev–Trinajstić information content (AvgIpc) is 3.28. The zero-order valence-corrected chi connectivity index (χ0v) is 18.8. The minimum Gasteiger partial charge on any atom is -0.493 e. The fourth-order valence-corrected chi connectivity index (χ4v) is 3.48. The molecule has 4 aromatic rings. The van der Waals surface area contributed by atoms with E-state index in [1.54, 1.807) is 25.0 Å². The number of hydrogen-bond acceptors (Lipinski definition) is 4. The quantitative estimate of drug-likeness (QED) is 0.385. The van der Waals surface area contributed by atoms with Gasteiger partial charge < -0.3 is 14.8 Å². The first-order valence-corrected chi connectivity index (χ1v) is 10.5. The van der Waals surface area contributed by atoms with Gasteiger partial charge in [0.2, 0.25) is 5.91 Å². The Balaban J connectivity index is 1.70. The summed E-state index contributed by atoms with van der Waals surface area (Å²) in [6.07, 6.45) is 5.19. The van der Waals surface area contributed by atoms with E-state index in [2.05, 4.69) is 5.32 Å². The average molecular weight is 440 g/mol. The summed E-state index contributed by atoms with van der Waals surface area (Å²) in [5.41, 5.74) is 5.07. The number of aryl methyl sites for hydroxylation is 1. The molecule has 0 bridgehead atoms. The molecule has 6 nitrogen and oxygen atoms in total. The van der Waals surface area contributed by atoms with Crippen LogP contribution in [0.4, 0.5) is 5.69 Å². The van der Waals surface area contributed by atoms with Gasteiger partial charge in [-0.15, -0.1) is 0 Å². The van der Waals surface area contributed by atoms with Crippen LogP contribution in [-0.2, 0) is 4.79 Å². The first-order valence-electron chi connectivity index (χ1n) is 10.5. The summed E-state index contributed by atoms with van der Waals surface area (Å²) in [6, 6.07) is 23.1. The molecule has 0 aliphatic rings. The molecular formula is C27H25N3O3. The molecule has 0 fully saturated rings. The number of hydrogen-bond donors (Lipinski definition) is 1. The Morgan fingerprint density at radius 2 is 1.67 bits per heavy atom. The minimum absolute atomic E-state index is 0.213. The van der Waals surface area contributed by atoms with Crippen molar-refractivity contribution in [3.63, 3.8) is 0 Å². The molecule has 0 saturated carbocycles. The van der Waals surface area contributed by atoms with Crippen molar-refractivity contribution in [2.75, 3.05) is 19.5 Å². The normalized spacial score (nSPS) is 10.9. The third-order valence-corrected chi connectivity index (χ3v) is 5.24. The summed E-state index contributed by atoms with van der Waals surface area (Å²) in [4.78, 5) is 12.6. The number of carbonyl (C=O) groups is 1. The van der Waals surface area contributed by atoms with Gasteiger partial charge in [0.25, 0.3) is 0 Å². The number of carbonyl (C=O) groups excluding carboxylic acids is 1. The van der Waals surface area contributed by atoms with Crippen molar-refractivity contribution in [1.29, 1.82) is 0 Å². The monoisotopic (exact) mass is 439 g/mol. The number of anilines is 1. The maximum atomic E-state index is 12.6. The molecule has 6 heteroatoms.